The lowest BCUT2D eigenvalue weighted by Crippen LogP contribution is -2.32. The van der Waals surface area contributed by atoms with Gasteiger partial charge in [-0.15, -0.1) is 0 Å². The molecule has 1 heterocycles. The van der Waals surface area contributed by atoms with Crippen LogP contribution < -0.4 is 10.5 Å². The van der Waals surface area contributed by atoms with Crippen molar-refractivity contribution in [3.63, 3.8) is 0 Å². The zero-order valence-electron chi connectivity index (χ0n) is 12.5. The monoisotopic (exact) mass is 279 g/mol. The number of hydrogen-bond donors (Lipinski definition) is 1. The van der Waals surface area contributed by atoms with Gasteiger partial charge in [-0.1, -0.05) is 20.8 Å². The average Bonchev–Trinajstić information content (AvgIpc) is 2.77. The van der Waals surface area contributed by atoms with Crippen LogP contribution in [0.25, 0.3) is 11.0 Å². The van der Waals surface area contributed by atoms with Crippen molar-refractivity contribution in [2.24, 2.45) is 0 Å². The summed E-state index contributed by atoms with van der Waals surface area (Å²) in [4.78, 5) is 4.30. The van der Waals surface area contributed by atoms with Crippen LogP contribution in [0.4, 0.5) is 10.3 Å². The minimum atomic E-state index is -0.417. The molecule has 2 aromatic rings. The zero-order chi connectivity index (χ0) is 14.9. The van der Waals surface area contributed by atoms with Crippen LogP contribution >= 0.6 is 0 Å². The number of imidazole rings is 1. The number of nitrogens with zero attached hydrogens (tertiary/aromatic N) is 2. The van der Waals surface area contributed by atoms with Gasteiger partial charge in [0, 0.05) is 17.7 Å². The molecule has 20 heavy (non-hydrogen) atoms. The molecule has 0 aliphatic heterocycles. The Hall–Kier alpha value is -1.78. The summed E-state index contributed by atoms with van der Waals surface area (Å²) in [6, 6.07) is 3.07. The van der Waals surface area contributed by atoms with E-state index in [4.69, 9.17) is 10.5 Å². The molecule has 110 valence electrons. The quantitative estimate of drug-likeness (QED) is 0.908. The highest BCUT2D eigenvalue weighted by Crippen LogP contribution is 2.37. The van der Waals surface area contributed by atoms with Crippen molar-refractivity contribution >= 4 is 17.0 Å². The molecular formula is C15H22FN3O. The van der Waals surface area contributed by atoms with Gasteiger partial charge >= 0.3 is 0 Å². The Labute approximate surface area is 118 Å². The fraction of sp³-hybridized carbons (Fsp3) is 0.533. The average molecular weight is 279 g/mol. The van der Waals surface area contributed by atoms with Crippen LogP contribution in [0.15, 0.2) is 12.1 Å². The molecule has 0 bridgehead atoms. The van der Waals surface area contributed by atoms with E-state index in [1.54, 1.807) is 6.07 Å². The number of benzene rings is 1. The minimum Gasteiger partial charge on any atom is -0.494 e. The maximum Gasteiger partial charge on any atom is 0.201 e. The number of anilines is 1. The molecule has 0 amide bonds. The van der Waals surface area contributed by atoms with Crippen LogP contribution in [-0.2, 0) is 5.54 Å². The van der Waals surface area contributed by atoms with E-state index < -0.39 is 5.82 Å². The molecule has 0 unspecified atom stereocenters. The molecule has 0 atom stereocenters. The molecule has 1 aromatic heterocycles. The summed E-state index contributed by atoms with van der Waals surface area (Å²) >= 11 is 0. The molecule has 0 saturated carbocycles. The Bertz CT molecular complexity index is 609. The van der Waals surface area contributed by atoms with Crippen LogP contribution in [0, 0.1) is 5.82 Å². The van der Waals surface area contributed by atoms with Gasteiger partial charge in [0.15, 0.2) is 11.6 Å². The Morgan fingerprint density at radius 2 is 1.85 bits per heavy atom. The summed E-state index contributed by atoms with van der Waals surface area (Å²) in [6.07, 6.45) is 2.82. The van der Waals surface area contributed by atoms with Crippen LogP contribution in [0.2, 0.25) is 0 Å². The Kier molecular flexibility index (Phi) is 3.88. The molecular weight excluding hydrogens is 257 g/mol. The smallest absolute Gasteiger partial charge is 0.201 e. The predicted octanol–water partition coefficient (Wildman–Crippen LogP) is 3.69. The van der Waals surface area contributed by atoms with Crippen molar-refractivity contribution in [2.75, 3.05) is 12.8 Å². The van der Waals surface area contributed by atoms with Gasteiger partial charge in [0.25, 0.3) is 0 Å². The topological polar surface area (TPSA) is 53.1 Å². The van der Waals surface area contributed by atoms with Crippen LogP contribution in [-0.4, -0.2) is 16.7 Å². The first-order valence-corrected chi connectivity index (χ1v) is 7.04. The molecule has 2 N–H and O–H groups in total. The molecule has 0 saturated heterocycles. The van der Waals surface area contributed by atoms with E-state index in [0.717, 1.165) is 24.8 Å². The third-order valence-electron chi connectivity index (χ3n) is 4.40. The number of methoxy groups -OCH3 is 1. The SMILES string of the molecule is CCC(CC)(CC)n1c(N)nc2cc(F)c(OC)cc21. The van der Waals surface area contributed by atoms with E-state index in [1.807, 2.05) is 4.57 Å². The summed E-state index contributed by atoms with van der Waals surface area (Å²) in [5.41, 5.74) is 7.40. The van der Waals surface area contributed by atoms with Crippen molar-refractivity contribution in [3.05, 3.63) is 17.9 Å². The molecule has 0 aliphatic carbocycles. The first-order chi connectivity index (χ1) is 9.52. The lowest BCUT2D eigenvalue weighted by molar-refractivity contribution is 0.262. The van der Waals surface area contributed by atoms with Crippen LogP contribution in [0.1, 0.15) is 40.0 Å². The zero-order valence-corrected chi connectivity index (χ0v) is 12.5. The van der Waals surface area contributed by atoms with Crippen molar-refractivity contribution in [3.8, 4) is 5.75 Å². The lowest BCUT2D eigenvalue weighted by atomic mass is 9.89. The molecule has 4 nitrogen and oxygen atoms in total. The second-order valence-corrected chi connectivity index (χ2v) is 5.07. The van der Waals surface area contributed by atoms with E-state index in [-0.39, 0.29) is 11.3 Å². The van der Waals surface area contributed by atoms with Crippen molar-refractivity contribution in [2.45, 2.75) is 45.6 Å². The van der Waals surface area contributed by atoms with E-state index in [1.165, 1.54) is 13.2 Å². The number of halogens is 1. The number of nitrogen functional groups attached to an aromatic ring is 1. The second-order valence-electron chi connectivity index (χ2n) is 5.07. The van der Waals surface area contributed by atoms with Gasteiger partial charge < -0.3 is 15.0 Å². The van der Waals surface area contributed by atoms with E-state index >= 15 is 0 Å². The number of ether oxygens (including phenoxy) is 1. The molecule has 0 aliphatic rings. The van der Waals surface area contributed by atoms with Gasteiger partial charge in [0.05, 0.1) is 18.1 Å². The Morgan fingerprint density at radius 3 is 2.35 bits per heavy atom. The summed E-state index contributed by atoms with van der Waals surface area (Å²) in [6.45, 7) is 6.41. The normalized spacial score (nSPS) is 12.1. The highest BCUT2D eigenvalue weighted by molar-refractivity contribution is 5.80. The molecule has 0 spiro atoms. The Morgan fingerprint density at radius 1 is 1.25 bits per heavy atom. The summed E-state index contributed by atoms with van der Waals surface area (Å²) < 4.78 is 20.9. The summed E-state index contributed by atoms with van der Waals surface area (Å²) in [5, 5.41) is 0. The molecule has 1 aromatic carbocycles. The minimum absolute atomic E-state index is 0.0956. The number of aromatic nitrogens is 2. The summed E-state index contributed by atoms with van der Waals surface area (Å²) in [7, 11) is 1.46. The fourth-order valence-electron chi connectivity index (χ4n) is 2.98. The van der Waals surface area contributed by atoms with Gasteiger partial charge in [-0.25, -0.2) is 9.37 Å². The fourth-order valence-corrected chi connectivity index (χ4v) is 2.98. The van der Waals surface area contributed by atoms with Gasteiger partial charge in [-0.3, -0.25) is 0 Å². The first-order valence-electron chi connectivity index (χ1n) is 7.04. The Balaban J connectivity index is 2.78. The molecule has 0 radical (unpaired) electrons. The van der Waals surface area contributed by atoms with Crippen molar-refractivity contribution in [1.82, 2.24) is 9.55 Å². The maximum absolute atomic E-state index is 13.8. The summed E-state index contributed by atoms with van der Waals surface area (Å²) in [5.74, 6) is 0.230. The van der Waals surface area contributed by atoms with Gasteiger partial charge in [-0.2, -0.15) is 0 Å². The van der Waals surface area contributed by atoms with E-state index in [0.29, 0.717) is 11.5 Å². The van der Waals surface area contributed by atoms with E-state index in [2.05, 4.69) is 25.8 Å². The number of rotatable bonds is 5. The highest BCUT2D eigenvalue weighted by atomic mass is 19.1. The largest absolute Gasteiger partial charge is 0.494 e. The predicted molar refractivity (Wildman–Crippen MR) is 79.5 cm³/mol. The number of nitrogens with two attached hydrogens (primary N) is 1. The van der Waals surface area contributed by atoms with Gasteiger partial charge in [0.2, 0.25) is 5.95 Å². The maximum atomic E-state index is 13.8. The molecule has 5 heteroatoms. The number of fused-ring (bicyclic) bond motifs is 1. The van der Waals surface area contributed by atoms with E-state index in [9.17, 15) is 4.39 Å². The highest BCUT2D eigenvalue weighted by Gasteiger charge is 2.30. The lowest BCUT2D eigenvalue weighted by Gasteiger charge is -2.33. The third kappa shape index (κ3) is 2.01. The van der Waals surface area contributed by atoms with Crippen molar-refractivity contribution < 1.29 is 9.13 Å². The number of hydrogen-bond acceptors (Lipinski definition) is 3. The standard InChI is InChI=1S/C15H22FN3O/c1-5-15(6-2,7-3)19-12-9-13(20-4)10(16)8-11(12)18-14(19)17/h8-9H,5-7H2,1-4H3,(H2,17,18). The second kappa shape index (κ2) is 5.31. The van der Waals surface area contributed by atoms with Gasteiger partial charge in [-0.05, 0) is 19.3 Å². The van der Waals surface area contributed by atoms with Gasteiger partial charge in [0.1, 0.15) is 0 Å². The third-order valence-corrected chi connectivity index (χ3v) is 4.40. The van der Waals surface area contributed by atoms with Crippen molar-refractivity contribution in [1.29, 1.82) is 0 Å². The van der Waals surface area contributed by atoms with Crippen LogP contribution in [0.3, 0.4) is 0 Å². The first kappa shape index (κ1) is 14.6. The molecule has 0 fully saturated rings. The molecule has 2 rings (SSSR count). The van der Waals surface area contributed by atoms with Crippen LogP contribution in [0.5, 0.6) is 5.75 Å².